The van der Waals surface area contributed by atoms with Crippen molar-refractivity contribution in [3.63, 3.8) is 0 Å². The lowest BCUT2D eigenvalue weighted by Crippen LogP contribution is -2.27. The Bertz CT molecular complexity index is 380. The van der Waals surface area contributed by atoms with Crippen LogP contribution in [0.15, 0.2) is 29.4 Å². The van der Waals surface area contributed by atoms with Crippen molar-refractivity contribution in [2.75, 3.05) is 0 Å². The SMILES string of the molecule is CC1(C)C/C(=N/O)c2ccccc2C1. The van der Waals surface area contributed by atoms with E-state index in [4.69, 9.17) is 5.21 Å². The average molecular weight is 189 g/mol. The van der Waals surface area contributed by atoms with Gasteiger partial charge in [-0.3, -0.25) is 0 Å². The molecule has 1 aliphatic carbocycles. The molecule has 0 aliphatic heterocycles. The van der Waals surface area contributed by atoms with Gasteiger partial charge in [0.15, 0.2) is 0 Å². The fourth-order valence-corrected chi connectivity index (χ4v) is 2.17. The minimum absolute atomic E-state index is 0.204. The van der Waals surface area contributed by atoms with Crippen LogP contribution in [0.2, 0.25) is 0 Å². The summed E-state index contributed by atoms with van der Waals surface area (Å²) in [5.41, 5.74) is 3.42. The second-order valence-electron chi connectivity index (χ2n) is 4.72. The number of hydrogen-bond acceptors (Lipinski definition) is 2. The fraction of sp³-hybridized carbons (Fsp3) is 0.417. The van der Waals surface area contributed by atoms with Crippen molar-refractivity contribution >= 4 is 5.71 Å². The zero-order valence-corrected chi connectivity index (χ0v) is 8.62. The third kappa shape index (κ3) is 1.52. The Morgan fingerprint density at radius 2 is 1.93 bits per heavy atom. The van der Waals surface area contributed by atoms with Gasteiger partial charge in [-0.25, -0.2) is 0 Å². The zero-order chi connectivity index (χ0) is 10.2. The van der Waals surface area contributed by atoms with Crippen LogP contribution < -0.4 is 0 Å². The highest BCUT2D eigenvalue weighted by molar-refractivity contribution is 6.02. The molecule has 0 unspecified atom stereocenters. The zero-order valence-electron chi connectivity index (χ0n) is 8.62. The minimum Gasteiger partial charge on any atom is -0.411 e. The largest absolute Gasteiger partial charge is 0.411 e. The molecular weight excluding hydrogens is 174 g/mol. The maximum atomic E-state index is 8.96. The van der Waals surface area contributed by atoms with Gasteiger partial charge in [0.1, 0.15) is 0 Å². The molecule has 0 radical (unpaired) electrons. The highest BCUT2D eigenvalue weighted by Gasteiger charge is 2.29. The van der Waals surface area contributed by atoms with Crippen LogP contribution in [-0.2, 0) is 6.42 Å². The van der Waals surface area contributed by atoms with Gasteiger partial charge >= 0.3 is 0 Å². The first-order valence-electron chi connectivity index (χ1n) is 4.92. The van der Waals surface area contributed by atoms with Gasteiger partial charge in [0.05, 0.1) is 5.71 Å². The lowest BCUT2D eigenvalue weighted by Gasteiger charge is -2.31. The average Bonchev–Trinajstić information content (AvgIpc) is 2.15. The predicted molar refractivity (Wildman–Crippen MR) is 56.9 cm³/mol. The number of benzene rings is 1. The van der Waals surface area contributed by atoms with Gasteiger partial charge in [-0.15, -0.1) is 0 Å². The number of nitrogens with zero attached hydrogens (tertiary/aromatic N) is 1. The van der Waals surface area contributed by atoms with Crippen LogP contribution in [-0.4, -0.2) is 10.9 Å². The fourth-order valence-electron chi connectivity index (χ4n) is 2.17. The van der Waals surface area contributed by atoms with Crippen molar-refractivity contribution in [3.05, 3.63) is 35.4 Å². The molecule has 0 saturated carbocycles. The predicted octanol–water partition coefficient (Wildman–Crippen LogP) is 2.84. The van der Waals surface area contributed by atoms with Gasteiger partial charge in [-0.2, -0.15) is 0 Å². The normalized spacial score (nSPS) is 22.0. The highest BCUT2D eigenvalue weighted by atomic mass is 16.4. The molecule has 1 N–H and O–H groups in total. The van der Waals surface area contributed by atoms with Gasteiger partial charge < -0.3 is 5.21 Å². The molecule has 0 atom stereocenters. The van der Waals surface area contributed by atoms with E-state index in [2.05, 4.69) is 25.1 Å². The lowest BCUT2D eigenvalue weighted by molar-refractivity contribution is 0.306. The van der Waals surface area contributed by atoms with E-state index < -0.39 is 0 Å². The van der Waals surface area contributed by atoms with Crippen LogP contribution in [0, 0.1) is 5.41 Å². The summed E-state index contributed by atoms with van der Waals surface area (Å²) >= 11 is 0. The lowest BCUT2D eigenvalue weighted by atomic mass is 9.73. The van der Waals surface area contributed by atoms with Crippen LogP contribution >= 0.6 is 0 Å². The third-order valence-electron chi connectivity index (χ3n) is 2.76. The molecule has 0 aromatic heterocycles. The molecule has 0 spiro atoms. The van der Waals surface area contributed by atoms with Gasteiger partial charge in [-0.05, 0) is 23.8 Å². The number of hydrogen-bond donors (Lipinski definition) is 1. The van der Waals surface area contributed by atoms with Gasteiger partial charge in [0.25, 0.3) is 0 Å². The molecule has 0 heterocycles. The first kappa shape index (κ1) is 9.25. The summed E-state index contributed by atoms with van der Waals surface area (Å²) in [4.78, 5) is 0. The van der Waals surface area contributed by atoms with Crippen molar-refractivity contribution in [1.82, 2.24) is 0 Å². The molecule has 0 saturated heterocycles. The van der Waals surface area contributed by atoms with Gasteiger partial charge in [0, 0.05) is 5.56 Å². The van der Waals surface area contributed by atoms with Gasteiger partial charge in [0.2, 0.25) is 0 Å². The van der Waals surface area contributed by atoms with Crippen LogP contribution in [0.3, 0.4) is 0 Å². The second kappa shape index (κ2) is 3.12. The highest BCUT2D eigenvalue weighted by Crippen LogP contribution is 2.34. The summed E-state index contributed by atoms with van der Waals surface area (Å²) in [6.45, 7) is 4.40. The smallest absolute Gasteiger partial charge is 0.0876 e. The molecular formula is C12H15NO. The first-order valence-corrected chi connectivity index (χ1v) is 4.92. The summed E-state index contributed by atoms with van der Waals surface area (Å²) < 4.78 is 0. The Labute approximate surface area is 84.3 Å². The third-order valence-corrected chi connectivity index (χ3v) is 2.76. The van der Waals surface area contributed by atoms with E-state index in [0.717, 1.165) is 24.1 Å². The summed E-state index contributed by atoms with van der Waals surface area (Å²) in [7, 11) is 0. The van der Waals surface area contributed by atoms with Gasteiger partial charge in [-0.1, -0.05) is 43.3 Å². The summed E-state index contributed by atoms with van der Waals surface area (Å²) in [6.07, 6.45) is 1.91. The molecule has 2 rings (SSSR count). The van der Waals surface area contributed by atoms with Crippen LogP contribution in [0.25, 0.3) is 0 Å². The van der Waals surface area contributed by atoms with Crippen LogP contribution in [0.5, 0.6) is 0 Å². The Kier molecular flexibility index (Phi) is 2.06. The Hall–Kier alpha value is -1.31. The van der Waals surface area contributed by atoms with E-state index in [9.17, 15) is 0 Å². The number of oxime groups is 1. The number of fused-ring (bicyclic) bond motifs is 1. The monoisotopic (exact) mass is 189 g/mol. The summed E-state index contributed by atoms with van der Waals surface area (Å²) in [5.74, 6) is 0. The Morgan fingerprint density at radius 1 is 1.21 bits per heavy atom. The van der Waals surface area contributed by atoms with E-state index in [1.165, 1.54) is 5.56 Å². The maximum absolute atomic E-state index is 8.96. The van der Waals surface area contributed by atoms with E-state index in [1.807, 2.05) is 18.2 Å². The van der Waals surface area contributed by atoms with Crippen molar-refractivity contribution < 1.29 is 5.21 Å². The molecule has 0 fully saturated rings. The van der Waals surface area contributed by atoms with E-state index in [-0.39, 0.29) is 5.41 Å². The van der Waals surface area contributed by atoms with Crippen molar-refractivity contribution in [1.29, 1.82) is 0 Å². The topological polar surface area (TPSA) is 32.6 Å². The maximum Gasteiger partial charge on any atom is 0.0876 e. The van der Waals surface area contributed by atoms with E-state index in [1.54, 1.807) is 0 Å². The Balaban J connectivity index is 2.52. The number of rotatable bonds is 0. The molecule has 2 nitrogen and oxygen atoms in total. The summed E-state index contributed by atoms with van der Waals surface area (Å²) in [5, 5.41) is 12.4. The molecule has 14 heavy (non-hydrogen) atoms. The first-order chi connectivity index (χ1) is 6.62. The summed E-state index contributed by atoms with van der Waals surface area (Å²) in [6, 6.07) is 8.17. The molecule has 2 heteroatoms. The van der Waals surface area contributed by atoms with Crippen LogP contribution in [0.4, 0.5) is 0 Å². The second-order valence-corrected chi connectivity index (χ2v) is 4.72. The minimum atomic E-state index is 0.204. The van der Waals surface area contributed by atoms with Crippen LogP contribution in [0.1, 0.15) is 31.4 Å². The molecule has 1 aromatic carbocycles. The quantitative estimate of drug-likeness (QED) is 0.494. The van der Waals surface area contributed by atoms with Crippen molar-refractivity contribution in [3.8, 4) is 0 Å². The standard InChI is InChI=1S/C12H15NO/c1-12(2)7-9-5-3-4-6-10(9)11(8-12)13-14/h3-6,14H,7-8H2,1-2H3/b13-11-. The molecule has 74 valence electrons. The van der Waals surface area contributed by atoms with Crippen molar-refractivity contribution in [2.24, 2.45) is 10.6 Å². The van der Waals surface area contributed by atoms with E-state index >= 15 is 0 Å². The molecule has 1 aromatic rings. The molecule has 1 aliphatic rings. The molecule has 0 bridgehead atoms. The Morgan fingerprint density at radius 3 is 2.64 bits per heavy atom. The van der Waals surface area contributed by atoms with Crippen molar-refractivity contribution in [2.45, 2.75) is 26.7 Å². The molecule has 0 amide bonds. The van der Waals surface area contributed by atoms with E-state index in [0.29, 0.717) is 0 Å².